The molecule has 0 spiro atoms. The lowest BCUT2D eigenvalue weighted by molar-refractivity contribution is -0.137. The van der Waals surface area contributed by atoms with E-state index in [2.05, 4.69) is 10.1 Å². The highest BCUT2D eigenvalue weighted by molar-refractivity contribution is 5.66. The highest BCUT2D eigenvalue weighted by Crippen LogP contribution is 2.15. The van der Waals surface area contributed by atoms with Gasteiger partial charge in [0.15, 0.2) is 5.82 Å². The molecule has 2 aromatic rings. The van der Waals surface area contributed by atoms with Gasteiger partial charge in [-0.25, -0.2) is 0 Å². The second-order valence-electron chi connectivity index (χ2n) is 3.65. The van der Waals surface area contributed by atoms with Gasteiger partial charge >= 0.3 is 5.97 Å². The molecule has 0 fully saturated rings. The lowest BCUT2D eigenvalue weighted by atomic mass is 10.3. The molecule has 2 heterocycles. The van der Waals surface area contributed by atoms with Crippen LogP contribution in [0.4, 0.5) is 0 Å². The van der Waals surface area contributed by atoms with Crippen LogP contribution in [0.25, 0.3) is 11.5 Å². The monoisotopic (exact) mass is 249 g/mol. The predicted molar refractivity (Wildman–Crippen MR) is 61.0 cm³/mol. The molecule has 0 saturated carbocycles. The van der Waals surface area contributed by atoms with E-state index in [9.17, 15) is 9.59 Å². The first-order chi connectivity index (χ1) is 8.60. The number of carboxylic acid groups (broad SMARTS) is 1. The quantitative estimate of drug-likeness (QED) is 0.849. The molecular weight excluding hydrogens is 238 g/mol. The minimum atomic E-state index is -1.09. The van der Waals surface area contributed by atoms with E-state index in [0.717, 1.165) is 4.57 Å². The molecule has 0 aliphatic carbocycles. The number of rotatable bonds is 4. The Bertz CT molecular complexity index is 629. The Labute approximate surface area is 102 Å². The lowest BCUT2D eigenvalue weighted by Gasteiger charge is -2.02. The Morgan fingerprint density at radius 1 is 1.50 bits per heavy atom. The van der Waals surface area contributed by atoms with Crippen molar-refractivity contribution in [2.75, 3.05) is 0 Å². The summed E-state index contributed by atoms with van der Waals surface area (Å²) in [5, 5.41) is 12.4. The van der Waals surface area contributed by atoms with Gasteiger partial charge < -0.3 is 14.2 Å². The van der Waals surface area contributed by atoms with Crippen molar-refractivity contribution in [3.63, 3.8) is 0 Å². The number of carboxylic acids is 1. The van der Waals surface area contributed by atoms with Crippen LogP contribution in [-0.4, -0.2) is 25.8 Å². The number of hydrogen-bond donors (Lipinski definition) is 1. The molecule has 0 saturated heterocycles. The molecular formula is C11H11N3O4. The van der Waals surface area contributed by atoms with Crippen LogP contribution < -0.4 is 5.56 Å². The average molecular weight is 249 g/mol. The van der Waals surface area contributed by atoms with Gasteiger partial charge in [0.2, 0.25) is 0 Å². The van der Waals surface area contributed by atoms with Gasteiger partial charge in [0.1, 0.15) is 6.54 Å². The Kier molecular flexibility index (Phi) is 3.22. The van der Waals surface area contributed by atoms with Gasteiger partial charge in [-0.1, -0.05) is 12.1 Å². The van der Waals surface area contributed by atoms with Crippen molar-refractivity contribution in [2.24, 2.45) is 0 Å². The molecule has 2 aromatic heterocycles. The number of carbonyl (C=O) groups is 1. The summed E-state index contributed by atoms with van der Waals surface area (Å²) in [6, 6.07) is 2.79. The number of hydrogen-bond acceptors (Lipinski definition) is 5. The van der Waals surface area contributed by atoms with Crippen molar-refractivity contribution in [1.29, 1.82) is 0 Å². The summed E-state index contributed by atoms with van der Waals surface area (Å²) in [5.41, 5.74) is 0.124. The first kappa shape index (κ1) is 12.0. The second-order valence-corrected chi connectivity index (χ2v) is 3.65. The molecule has 0 amide bonds. The van der Waals surface area contributed by atoms with Gasteiger partial charge in [0.05, 0.1) is 5.56 Å². The number of aromatic nitrogens is 3. The van der Waals surface area contributed by atoms with E-state index in [4.69, 9.17) is 9.63 Å². The van der Waals surface area contributed by atoms with Gasteiger partial charge in [-0.2, -0.15) is 4.98 Å². The average Bonchev–Trinajstić information content (AvgIpc) is 2.80. The zero-order chi connectivity index (χ0) is 13.1. The Morgan fingerprint density at radius 3 is 2.89 bits per heavy atom. The third-order valence-electron chi connectivity index (χ3n) is 2.32. The van der Waals surface area contributed by atoms with Gasteiger partial charge in [-0.3, -0.25) is 9.59 Å². The fourth-order valence-corrected chi connectivity index (χ4v) is 1.44. The van der Waals surface area contributed by atoms with Gasteiger partial charge in [-0.05, 0) is 6.07 Å². The molecule has 0 radical (unpaired) electrons. The van der Waals surface area contributed by atoms with Gasteiger partial charge in [-0.15, -0.1) is 0 Å². The largest absolute Gasteiger partial charge is 0.480 e. The molecule has 0 aliphatic rings. The van der Waals surface area contributed by atoms with Crippen LogP contribution in [-0.2, 0) is 17.8 Å². The second kappa shape index (κ2) is 4.82. The van der Waals surface area contributed by atoms with Crippen molar-refractivity contribution in [3.8, 4) is 11.5 Å². The van der Waals surface area contributed by atoms with Crippen molar-refractivity contribution in [2.45, 2.75) is 19.9 Å². The minimum Gasteiger partial charge on any atom is -0.480 e. The summed E-state index contributed by atoms with van der Waals surface area (Å²) in [4.78, 5) is 26.1. The van der Waals surface area contributed by atoms with E-state index in [-0.39, 0.29) is 5.89 Å². The zero-order valence-electron chi connectivity index (χ0n) is 9.66. The van der Waals surface area contributed by atoms with Crippen LogP contribution in [0.2, 0.25) is 0 Å². The van der Waals surface area contributed by atoms with E-state index in [1.807, 2.05) is 6.92 Å². The fraction of sp³-hybridized carbons (Fsp3) is 0.273. The molecule has 0 aromatic carbocycles. The SMILES string of the molecule is CCc1noc(-c2ccc(=O)n(CC(=O)O)c2)n1. The van der Waals surface area contributed by atoms with Crippen LogP contribution in [0.5, 0.6) is 0 Å². The molecule has 0 atom stereocenters. The van der Waals surface area contributed by atoms with Crippen LogP contribution >= 0.6 is 0 Å². The van der Waals surface area contributed by atoms with Crippen molar-refractivity contribution in [3.05, 3.63) is 34.5 Å². The molecule has 0 bridgehead atoms. The van der Waals surface area contributed by atoms with E-state index in [1.165, 1.54) is 18.3 Å². The highest BCUT2D eigenvalue weighted by Gasteiger charge is 2.10. The lowest BCUT2D eigenvalue weighted by Crippen LogP contribution is -2.22. The molecule has 18 heavy (non-hydrogen) atoms. The van der Waals surface area contributed by atoms with Crippen molar-refractivity contribution < 1.29 is 14.4 Å². The number of aryl methyl sites for hydroxylation is 1. The summed E-state index contributed by atoms with van der Waals surface area (Å²) < 4.78 is 6.09. The Balaban J connectivity index is 2.39. The molecule has 1 N–H and O–H groups in total. The van der Waals surface area contributed by atoms with Crippen molar-refractivity contribution >= 4 is 5.97 Å². The summed E-state index contributed by atoms with van der Waals surface area (Å²) in [5.74, 6) is -0.263. The number of nitrogens with zero attached hydrogens (tertiary/aromatic N) is 3. The molecule has 94 valence electrons. The van der Waals surface area contributed by atoms with Crippen LogP contribution in [0.1, 0.15) is 12.7 Å². The Morgan fingerprint density at radius 2 is 2.28 bits per heavy atom. The highest BCUT2D eigenvalue weighted by atomic mass is 16.5. The number of pyridine rings is 1. The first-order valence-corrected chi connectivity index (χ1v) is 5.35. The van der Waals surface area contributed by atoms with Crippen molar-refractivity contribution in [1.82, 2.24) is 14.7 Å². The third kappa shape index (κ3) is 2.45. The number of aliphatic carboxylic acids is 1. The van der Waals surface area contributed by atoms with E-state index in [1.54, 1.807) is 0 Å². The van der Waals surface area contributed by atoms with Crippen LogP contribution in [0.15, 0.2) is 27.6 Å². The molecule has 0 aliphatic heterocycles. The summed E-state index contributed by atoms with van der Waals surface area (Å²) in [7, 11) is 0. The fourth-order valence-electron chi connectivity index (χ4n) is 1.44. The maximum absolute atomic E-state index is 11.4. The van der Waals surface area contributed by atoms with Gasteiger partial charge in [0, 0.05) is 18.7 Å². The predicted octanol–water partition coefficient (Wildman–Crippen LogP) is 0.545. The van der Waals surface area contributed by atoms with E-state index >= 15 is 0 Å². The van der Waals surface area contributed by atoms with E-state index < -0.39 is 18.1 Å². The summed E-state index contributed by atoms with van der Waals surface area (Å²) >= 11 is 0. The van der Waals surface area contributed by atoms with Gasteiger partial charge in [0.25, 0.3) is 11.4 Å². The summed E-state index contributed by atoms with van der Waals surface area (Å²) in [6.45, 7) is 1.49. The first-order valence-electron chi connectivity index (χ1n) is 5.35. The van der Waals surface area contributed by atoms with Crippen LogP contribution in [0.3, 0.4) is 0 Å². The third-order valence-corrected chi connectivity index (χ3v) is 2.32. The summed E-state index contributed by atoms with van der Waals surface area (Å²) in [6.07, 6.45) is 2.03. The molecule has 7 heteroatoms. The molecule has 2 rings (SSSR count). The van der Waals surface area contributed by atoms with E-state index in [0.29, 0.717) is 17.8 Å². The standard InChI is InChI=1S/C11H11N3O4/c1-2-8-12-11(18-13-8)7-3-4-9(15)14(5-7)6-10(16)17/h3-5H,2,6H2,1H3,(H,16,17). The Hall–Kier alpha value is -2.44. The minimum absolute atomic E-state index is 0.269. The van der Waals surface area contributed by atoms with Crippen LogP contribution in [0, 0.1) is 0 Å². The molecule has 0 unspecified atom stereocenters. The topological polar surface area (TPSA) is 98.2 Å². The molecule has 7 nitrogen and oxygen atoms in total. The zero-order valence-corrected chi connectivity index (χ0v) is 9.66. The maximum atomic E-state index is 11.4. The maximum Gasteiger partial charge on any atom is 0.323 e. The smallest absolute Gasteiger partial charge is 0.323 e. The normalized spacial score (nSPS) is 10.5.